The maximum absolute atomic E-state index is 11.2. The normalized spacial score (nSPS) is 10.3. The van der Waals surface area contributed by atoms with E-state index < -0.39 is 0 Å². The Morgan fingerprint density at radius 2 is 2.09 bits per heavy atom. The Morgan fingerprint density at radius 1 is 1.30 bits per heavy atom. The number of aromatic nitrogens is 2. The van der Waals surface area contributed by atoms with E-state index >= 15 is 0 Å². The second-order valence-electron chi connectivity index (χ2n) is 5.19. The largest absolute Gasteiger partial charge is 0.382 e. The molecule has 0 aliphatic heterocycles. The lowest BCUT2D eigenvalue weighted by Crippen LogP contribution is -2.32. The fourth-order valence-corrected chi connectivity index (χ4v) is 2.16. The van der Waals surface area contributed by atoms with E-state index in [1.807, 2.05) is 47.8 Å². The van der Waals surface area contributed by atoms with Gasteiger partial charge < -0.3 is 10.6 Å². The molecule has 0 bridgehead atoms. The van der Waals surface area contributed by atoms with Gasteiger partial charge in [0.25, 0.3) is 0 Å². The van der Waals surface area contributed by atoms with E-state index in [9.17, 15) is 4.79 Å². The molecule has 1 aromatic heterocycles. The number of imidazole rings is 1. The van der Waals surface area contributed by atoms with Crippen molar-refractivity contribution < 1.29 is 9.36 Å². The van der Waals surface area contributed by atoms with Gasteiger partial charge in [-0.2, -0.15) is 5.43 Å². The van der Waals surface area contributed by atoms with E-state index in [0.717, 1.165) is 17.3 Å². The van der Waals surface area contributed by atoms with Gasteiger partial charge in [-0.3, -0.25) is 4.79 Å². The number of hydrogen-bond donors (Lipinski definition) is 4. The predicted molar refractivity (Wildman–Crippen MR) is 90.1 cm³/mol. The Balaban J connectivity index is 2.20. The van der Waals surface area contributed by atoms with Crippen molar-refractivity contribution in [3.63, 3.8) is 0 Å². The Kier molecular flexibility index (Phi) is 5.42. The SMILES string of the molecule is CC(=O)Nc1ccc(NCC[N])c(NNc2n(C)cc[n+]2C)c1. The van der Waals surface area contributed by atoms with Crippen molar-refractivity contribution in [3.05, 3.63) is 30.6 Å². The number of nitrogens with zero attached hydrogens (tertiary/aromatic N) is 3. The molecule has 2 rings (SSSR count). The van der Waals surface area contributed by atoms with Crippen LogP contribution in [-0.2, 0) is 18.9 Å². The summed E-state index contributed by atoms with van der Waals surface area (Å²) in [5.41, 5.74) is 17.5. The van der Waals surface area contributed by atoms with Crippen LogP contribution in [0.4, 0.5) is 23.0 Å². The van der Waals surface area contributed by atoms with E-state index in [1.54, 1.807) is 6.07 Å². The third-order valence-corrected chi connectivity index (χ3v) is 3.26. The molecule has 0 atom stereocenters. The van der Waals surface area contributed by atoms with Gasteiger partial charge in [0.05, 0.1) is 37.9 Å². The van der Waals surface area contributed by atoms with Gasteiger partial charge in [0, 0.05) is 25.7 Å². The summed E-state index contributed by atoms with van der Waals surface area (Å²) in [4.78, 5) is 11.2. The monoisotopic (exact) mass is 316 g/mol. The molecular weight excluding hydrogens is 294 g/mol. The smallest absolute Gasteiger partial charge is 0.378 e. The minimum atomic E-state index is -0.131. The molecule has 8 heteroatoms. The van der Waals surface area contributed by atoms with E-state index in [-0.39, 0.29) is 12.5 Å². The summed E-state index contributed by atoms with van der Waals surface area (Å²) >= 11 is 0. The average Bonchev–Trinajstić information content (AvgIpc) is 2.82. The Morgan fingerprint density at radius 3 is 2.70 bits per heavy atom. The third kappa shape index (κ3) is 4.36. The van der Waals surface area contributed by atoms with Crippen LogP contribution in [0.1, 0.15) is 6.92 Å². The van der Waals surface area contributed by atoms with Crippen LogP contribution in [0, 0.1) is 0 Å². The number of aryl methyl sites for hydroxylation is 2. The molecule has 23 heavy (non-hydrogen) atoms. The molecule has 0 spiro atoms. The standard InChI is InChI=1S/C15H21N7O/c1-11(23)18-12-4-5-13(17-7-6-16)14(10-12)19-20-15-21(2)8-9-22(15)3/h4-5,8-10,17,19H,6-7H2,1-3H3,(H,18,23)/p+1. The van der Waals surface area contributed by atoms with Crippen LogP contribution in [0.25, 0.3) is 0 Å². The highest BCUT2D eigenvalue weighted by Crippen LogP contribution is 2.25. The van der Waals surface area contributed by atoms with Crippen molar-refractivity contribution in [2.45, 2.75) is 6.92 Å². The number of hydrazine groups is 1. The van der Waals surface area contributed by atoms with Crippen molar-refractivity contribution in [3.8, 4) is 0 Å². The lowest BCUT2D eigenvalue weighted by Gasteiger charge is -2.14. The minimum absolute atomic E-state index is 0.0348. The molecule has 2 aromatic rings. The molecule has 0 saturated heterocycles. The molecule has 0 fully saturated rings. The second-order valence-corrected chi connectivity index (χ2v) is 5.19. The first-order valence-electron chi connectivity index (χ1n) is 7.30. The van der Waals surface area contributed by atoms with Crippen LogP contribution in [0.5, 0.6) is 0 Å². The maximum atomic E-state index is 11.2. The summed E-state index contributed by atoms with van der Waals surface area (Å²) in [6.45, 7) is 1.94. The van der Waals surface area contributed by atoms with Crippen LogP contribution >= 0.6 is 0 Å². The number of hydrogen-bond acceptors (Lipinski definition) is 4. The van der Waals surface area contributed by atoms with Gasteiger partial charge in [-0.25, -0.2) is 14.6 Å². The van der Waals surface area contributed by atoms with Crippen molar-refractivity contribution in [2.24, 2.45) is 14.1 Å². The molecule has 1 heterocycles. The average molecular weight is 316 g/mol. The zero-order valence-corrected chi connectivity index (χ0v) is 13.6. The number of nitrogens with one attached hydrogen (secondary N) is 4. The van der Waals surface area contributed by atoms with E-state index in [1.165, 1.54) is 6.92 Å². The highest BCUT2D eigenvalue weighted by Gasteiger charge is 2.12. The van der Waals surface area contributed by atoms with Crippen molar-refractivity contribution in [1.29, 1.82) is 0 Å². The molecule has 8 nitrogen and oxygen atoms in total. The lowest BCUT2D eigenvalue weighted by atomic mass is 10.2. The fraction of sp³-hybridized carbons (Fsp3) is 0.333. The molecular formula is C15H22N7O+. The number of anilines is 4. The summed E-state index contributed by atoms with van der Waals surface area (Å²) in [6, 6.07) is 5.46. The topological polar surface area (TPSA) is 96.3 Å². The van der Waals surface area contributed by atoms with Crippen LogP contribution in [0.15, 0.2) is 30.6 Å². The first-order valence-corrected chi connectivity index (χ1v) is 7.30. The first-order chi connectivity index (χ1) is 11.0. The molecule has 2 radical (unpaired) electrons. The number of carbonyl (C=O) groups is 1. The van der Waals surface area contributed by atoms with Gasteiger partial charge in [0.15, 0.2) is 0 Å². The van der Waals surface area contributed by atoms with Gasteiger partial charge in [0.1, 0.15) is 0 Å². The Hall–Kier alpha value is -2.74. The van der Waals surface area contributed by atoms with Crippen LogP contribution < -0.4 is 31.8 Å². The highest BCUT2D eigenvalue weighted by molar-refractivity contribution is 5.90. The van der Waals surface area contributed by atoms with Crippen LogP contribution in [0.3, 0.4) is 0 Å². The van der Waals surface area contributed by atoms with Gasteiger partial charge >= 0.3 is 5.95 Å². The zero-order valence-electron chi connectivity index (χ0n) is 13.6. The highest BCUT2D eigenvalue weighted by atomic mass is 16.1. The van der Waals surface area contributed by atoms with Crippen molar-refractivity contribution >= 4 is 28.9 Å². The van der Waals surface area contributed by atoms with Crippen LogP contribution in [0.2, 0.25) is 0 Å². The molecule has 4 N–H and O–H groups in total. The maximum Gasteiger partial charge on any atom is 0.378 e. The van der Waals surface area contributed by atoms with Gasteiger partial charge in [0.2, 0.25) is 5.91 Å². The summed E-state index contributed by atoms with van der Waals surface area (Å²) < 4.78 is 3.87. The van der Waals surface area contributed by atoms with Gasteiger partial charge in [-0.05, 0) is 18.2 Å². The summed E-state index contributed by atoms with van der Waals surface area (Å²) in [6.07, 6.45) is 3.87. The number of benzene rings is 1. The third-order valence-electron chi connectivity index (χ3n) is 3.26. The van der Waals surface area contributed by atoms with E-state index in [4.69, 9.17) is 5.73 Å². The summed E-state index contributed by atoms with van der Waals surface area (Å²) in [5.74, 6) is 0.733. The quantitative estimate of drug-likeness (QED) is 0.447. The van der Waals surface area contributed by atoms with Crippen molar-refractivity contribution in [1.82, 2.24) is 10.3 Å². The first kappa shape index (κ1) is 16.6. The van der Waals surface area contributed by atoms with Crippen molar-refractivity contribution in [2.75, 3.05) is 34.6 Å². The molecule has 0 aliphatic carbocycles. The Bertz CT molecular complexity index is 661. The second kappa shape index (κ2) is 7.50. The fourth-order valence-electron chi connectivity index (χ4n) is 2.16. The van der Waals surface area contributed by atoms with E-state index in [0.29, 0.717) is 12.2 Å². The zero-order chi connectivity index (χ0) is 16.8. The van der Waals surface area contributed by atoms with Gasteiger partial charge in [-0.15, -0.1) is 5.73 Å². The number of amides is 1. The van der Waals surface area contributed by atoms with Gasteiger partial charge in [-0.1, -0.05) is 0 Å². The number of carbonyl (C=O) groups excluding carboxylic acids is 1. The molecule has 1 aromatic carbocycles. The minimum Gasteiger partial charge on any atom is -0.382 e. The predicted octanol–water partition coefficient (Wildman–Crippen LogP) is 0.728. The molecule has 0 saturated carbocycles. The lowest BCUT2D eigenvalue weighted by molar-refractivity contribution is -0.656. The summed E-state index contributed by atoms with van der Waals surface area (Å²) in [5, 5.41) is 5.87. The molecule has 122 valence electrons. The molecule has 0 unspecified atom stereocenters. The molecule has 1 amide bonds. The Labute approximate surface area is 135 Å². The van der Waals surface area contributed by atoms with Crippen LogP contribution in [-0.4, -0.2) is 23.6 Å². The summed E-state index contributed by atoms with van der Waals surface area (Å²) in [7, 11) is 3.87. The van der Waals surface area contributed by atoms with E-state index in [2.05, 4.69) is 21.5 Å². The number of rotatable bonds is 7. The molecule has 0 aliphatic rings.